The molecule has 1 fully saturated rings. The summed E-state index contributed by atoms with van der Waals surface area (Å²) in [6.07, 6.45) is 0.383. The van der Waals surface area contributed by atoms with Crippen LogP contribution in [0.25, 0.3) is 0 Å². The van der Waals surface area contributed by atoms with Crippen molar-refractivity contribution in [2.45, 2.75) is 6.42 Å². The Bertz CT molecular complexity index is 901. The Morgan fingerprint density at radius 2 is 2.07 bits per heavy atom. The molecule has 2 aromatic rings. The first-order chi connectivity index (χ1) is 13.6. The van der Waals surface area contributed by atoms with Crippen LogP contribution < -0.4 is 29.7 Å². The number of methoxy groups -OCH3 is 1. The number of carbonyl (C=O) groups excluding carboxylic acids is 2. The molecular formula is C20H21N3O5. The number of hydrogen-bond donors (Lipinski definition) is 2. The summed E-state index contributed by atoms with van der Waals surface area (Å²) in [5, 5.41) is 5.59. The van der Waals surface area contributed by atoms with Crippen LogP contribution in [0.2, 0.25) is 0 Å². The molecule has 3 amide bonds. The Labute approximate surface area is 162 Å². The van der Waals surface area contributed by atoms with Gasteiger partial charge in [-0.2, -0.15) is 0 Å². The van der Waals surface area contributed by atoms with E-state index >= 15 is 0 Å². The van der Waals surface area contributed by atoms with Gasteiger partial charge in [0, 0.05) is 48.9 Å². The van der Waals surface area contributed by atoms with Gasteiger partial charge in [0.15, 0.2) is 11.5 Å². The molecule has 0 unspecified atom stereocenters. The van der Waals surface area contributed by atoms with Crippen LogP contribution >= 0.6 is 0 Å². The predicted octanol–water partition coefficient (Wildman–Crippen LogP) is 2.60. The van der Waals surface area contributed by atoms with Crippen LogP contribution in [-0.4, -0.2) is 38.9 Å². The first kappa shape index (κ1) is 18.0. The normalized spacial score (nSPS) is 17.5. The molecule has 2 heterocycles. The highest BCUT2D eigenvalue weighted by Gasteiger charge is 2.31. The predicted molar refractivity (Wildman–Crippen MR) is 103 cm³/mol. The van der Waals surface area contributed by atoms with Gasteiger partial charge < -0.3 is 29.7 Å². The van der Waals surface area contributed by atoms with Gasteiger partial charge in [0.25, 0.3) is 0 Å². The first-order valence-electron chi connectivity index (χ1n) is 9.01. The Morgan fingerprint density at radius 1 is 1.21 bits per heavy atom. The summed E-state index contributed by atoms with van der Waals surface area (Å²) >= 11 is 0. The summed E-state index contributed by atoms with van der Waals surface area (Å²) in [5.41, 5.74) is 1.42. The van der Waals surface area contributed by atoms with Gasteiger partial charge >= 0.3 is 6.03 Å². The maximum atomic E-state index is 12.4. The maximum Gasteiger partial charge on any atom is 0.319 e. The summed E-state index contributed by atoms with van der Waals surface area (Å²) in [4.78, 5) is 26.3. The summed E-state index contributed by atoms with van der Waals surface area (Å²) in [5.74, 6) is 2.05. The van der Waals surface area contributed by atoms with Gasteiger partial charge in [-0.25, -0.2) is 4.79 Å². The summed E-state index contributed by atoms with van der Waals surface area (Å²) in [6, 6.07) is 12.3. The Hall–Kier alpha value is -3.42. The van der Waals surface area contributed by atoms with Gasteiger partial charge in [0.05, 0.1) is 7.11 Å². The van der Waals surface area contributed by atoms with Crippen molar-refractivity contribution >= 4 is 23.3 Å². The maximum absolute atomic E-state index is 12.4. The van der Waals surface area contributed by atoms with Crippen molar-refractivity contribution in [1.29, 1.82) is 0 Å². The third-order valence-corrected chi connectivity index (χ3v) is 4.75. The molecule has 0 radical (unpaired) electrons. The lowest BCUT2D eigenvalue weighted by Crippen LogP contribution is -2.34. The molecule has 0 saturated carbocycles. The van der Waals surface area contributed by atoms with Crippen molar-refractivity contribution in [3.8, 4) is 17.2 Å². The van der Waals surface area contributed by atoms with E-state index in [0.29, 0.717) is 42.4 Å². The lowest BCUT2D eigenvalue weighted by atomic mass is 10.1. The number of urea groups is 1. The molecule has 1 saturated heterocycles. The van der Waals surface area contributed by atoms with Crippen LogP contribution in [0.15, 0.2) is 42.5 Å². The van der Waals surface area contributed by atoms with E-state index in [2.05, 4.69) is 10.6 Å². The molecule has 8 heteroatoms. The van der Waals surface area contributed by atoms with Crippen LogP contribution in [0.4, 0.5) is 16.2 Å². The number of hydrogen-bond acceptors (Lipinski definition) is 5. The molecule has 2 aliphatic rings. The molecule has 0 spiro atoms. The van der Waals surface area contributed by atoms with Crippen LogP contribution in [-0.2, 0) is 4.79 Å². The van der Waals surface area contributed by atoms with Gasteiger partial charge in [0.1, 0.15) is 5.75 Å². The zero-order chi connectivity index (χ0) is 19.5. The Morgan fingerprint density at radius 3 is 2.93 bits per heavy atom. The number of nitrogens with one attached hydrogen (secondary N) is 2. The van der Waals surface area contributed by atoms with E-state index in [1.54, 1.807) is 42.3 Å². The average molecular weight is 383 g/mol. The highest BCUT2D eigenvalue weighted by Crippen LogP contribution is 2.37. The summed E-state index contributed by atoms with van der Waals surface area (Å²) in [6.45, 7) is 1.14. The number of ether oxygens (including phenoxy) is 3. The Balaban J connectivity index is 1.31. The van der Waals surface area contributed by atoms with E-state index in [1.807, 2.05) is 12.1 Å². The number of carbonyl (C=O) groups is 2. The smallest absolute Gasteiger partial charge is 0.319 e. The van der Waals surface area contributed by atoms with E-state index in [4.69, 9.17) is 14.2 Å². The number of amides is 3. The molecule has 4 rings (SSSR count). The zero-order valence-electron chi connectivity index (χ0n) is 15.4. The summed E-state index contributed by atoms with van der Waals surface area (Å²) in [7, 11) is 1.57. The number of benzene rings is 2. The average Bonchev–Trinajstić information content (AvgIpc) is 3.32. The van der Waals surface area contributed by atoms with Crippen molar-refractivity contribution < 1.29 is 23.8 Å². The molecular weight excluding hydrogens is 362 g/mol. The lowest BCUT2D eigenvalue weighted by molar-refractivity contribution is -0.117. The van der Waals surface area contributed by atoms with Crippen molar-refractivity contribution in [1.82, 2.24) is 5.32 Å². The van der Waals surface area contributed by atoms with Crippen molar-refractivity contribution in [2.24, 2.45) is 5.92 Å². The van der Waals surface area contributed by atoms with Gasteiger partial charge in [-0.1, -0.05) is 6.07 Å². The van der Waals surface area contributed by atoms with Crippen LogP contribution in [0.5, 0.6) is 17.2 Å². The van der Waals surface area contributed by atoms with Crippen LogP contribution in [0, 0.1) is 5.92 Å². The summed E-state index contributed by atoms with van der Waals surface area (Å²) < 4.78 is 15.8. The van der Waals surface area contributed by atoms with Crippen LogP contribution in [0.1, 0.15) is 6.42 Å². The molecule has 8 nitrogen and oxygen atoms in total. The molecule has 1 atom stereocenters. The number of fused-ring (bicyclic) bond motifs is 1. The second-order valence-corrected chi connectivity index (χ2v) is 6.68. The topological polar surface area (TPSA) is 89.1 Å². The minimum Gasteiger partial charge on any atom is -0.497 e. The molecule has 146 valence electrons. The van der Waals surface area contributed by atoms with E-state index in [1.165, 1.54) is 0 Å². The highest BCUT2D eigenvalue weighted by molar-refractivity contribution is 5.96. The fraction of sp³-hybridized carbons (Fsp3) is 0.300. The Kier molecular flexibility index (Phi) is 4.92. The second-order valence-electron chi connectivity index (χ2n) is 6.68. The van der Waals surface area contributed by atoms with Gasteiger partial charge in [-0.3, -0.25) is 4.79 Å². The number of nitrogens with zero attached hydrogens (tertiary/aromatic N) is 1. The second kappa shape index (κ2) is 7.67. The van der Waals surface area contributed by atoms with E-state index in [0.717, 1.165) is 5.69 Å². The molecule has 2 N–H and O–H groups in total. The molecule has 0 aromatic heterocycles. The van der Waals surface area contributed by atoms with Gasteiger partial charge in [0.2, 0.25) is 12.7 Å². The van der Waals surface area contributed by atoms with Crippen molar-refractivity contribution in [3.05, 3.63) is 42.5 Å². The number of rotatable bonds is 5. The third kappa shape index (κ3) is 3.80. The standard InChI is InChI=1S/C20H21N3O5/c1-26-16-4-2-3-14(8-16)22-20(25)21-10-13-7-19(24)23(11-13)15-5-6-17-18(9-15)28-12-27-17/h2-6,8-9,13H,7,10-12H2,1H3,(H2,21,22,25)/t13-/m0/s1. The van der Waals surface area contributed by atoms with E-state index < -0.39 is 0 Å². The molecule has 0 bridgehead atoms. The van der Waals surface area contributed by atoms with Crippen molar-refractivity contribution in [2.75, 3.05) is 37.2 Å². The minimum atomic E-state index is -0.317. The fourth-order valence-electron chi connectivity index (χ4n) is 3.33. The van der Waals surface area contributed by atoms with E-state index in [-0.39, 0.29) is 24.6 Å². The first-order valence-corrected chi connectivity index (χ1v) is 9.01. The molecule has 2 aromatic carbocycles. The molecule has 2 aliphatic heterocycles. The fourth-order valence-corrected chi connectivity index (χ4v) is 3.33. The monoisotopic (exact) mass is 383 g/mol. The number of anilines is 2. The SMILES string of the molecule is COc1cccc(NC(=O)NC[C@@H]2CC(=O)N(c3ccc4c(c3)OCO4)C2)c1. The molecule has 28 heavy (non-hydrogen) atoms. The van der Waals surface area contributed by atoms with Crippen molar-refractivity contribution in [3.63, 3.8) is 0 Å². The quantitative estimate of drug-likeness (QED) is 0.829. The highest BCUT2D eigenvalue weighted by atomic mass is 16.7. The van der Waals surface area contributed by atoms with Crippen LogP contribution in [0.3, 0.4) is 0 Å². The largest absolute Gasteiger partial charge is 0.497 e. The van der Waals surface area contributed by atoms with E-state index in [9.17, 15) is 9.59 Å². The minimum absolute atomic E-state index is 0.0267. The molecule has 0 aliphatic carbocycles. The zero-order valence-corrected chi connectivity index (χ0v) is 15.4. The third-order valence-electron chi connectivity index (χ3n) is 4.75. The van der Waals surface area contributed by atoms with Gasteiger partial charge in [-0.15, -0.1) is 0 Å². The lowest BCUT2D eigenvalue weighted by Gasteiger charge is -2.17. The van der Waals surface area contributed by atoms with Gasteiger partial charge in [-0.05, 0) is 24.3 Å².